The van der Waals surface area contributed by atoms with E-state index in [2.05, 4.69) is 17.1 Å². The summed E-state index contributed by atoms with van der Waals surface area (Å²) in [5.41, 5.74) is 0.986. The number of nitrogens with zero attached hydrogens (tertiary/aromatic N) is 1. The van der Waals surface area contributed by atoms with Crippen molar-refractivity contribution in [2.45, 2.75) is 38.6 Å². The van der Waals surface area contributed by atoms with Gasteiger partial charge in [0.2, 0.25) is 0 Å². The first-order chi connectivity index (χ1) is 9.72. The molecule has 1 N–H and O–H groups in total. The largest absolute Gasteiger partial charge is 0.497 e. The maximum Gasteiger partial charge on any atom is 0.121 e. The van der Waals surface area contributed by atoms with E-state index < -0.39 is 0 Å². The van der Waals surface area contributed by atoms with Crippen LogP contribution in [0.1, 0.15) is 32.6 Å². The summed E-state index contributed by atoms with van der Waals surface area (Å²) in [6.07, 6.45) is 4.86. The molecule has 3 nitrogen and oxygen atoms in total. The highest BCUT2D eigenvalue weighted by Gasteiger charge is 2.17. The Bertz CT molecular complexity index is 425. The monoisotopic (exact) mass is 296 g/mol. The van der Waals surface area contributed by atoms with E-state index in [4.69, 9.17) is 16.3 Å². The van der Waals surface area contributed by atoms with Crippen LogP contribution in [-0.2, 0) is 0 Å². The van der Waals surface area contributed by atoms with Crippen molar-refractivity contribution in [1.82, 2.24) is 4.90 Å². The number of ether oxygens (including phenoxy) is 1. The number of rotatable bonds is 5. The number of anilines is 1. The molecule has 1 fully saturated rings. The maximum absolute atomic E-state index is 6.26. The SMILES string of the molecule is CCCN1CCCC(Nc2cc(OC)ccc2Cl)CC1. The standard InChI is InChI=1S/C16H25ClN2O/c1-3-9-19-10-4-5-13(8-11-19)18-16-12-14(20-2)6-7-15(16)17/h6-7,12-13,18H,3-5,8-11H2,1-2H3. The molecule has 0 aliphatic carbocycles. The normalized spacial score (nSPS) is 20.4. The minimum absolute atomic E-state index is 0.501. The van der Waals surface area contributed by atoms with Crippen LogP contribution in [0.25, 0.3) is 0 Å². The van der Waals surface area contributed by atoms with Crippen LogP contribution in [0.15, 0.2) is 18.2 Å². The van der Waals surface area contributed by atoms with Gasteiger partial charge in [0.25, 0.3) is 0 Å². The maximum atomic E-state index is 6.26. The van der Waals surface area contributed by atoms with Gasteiger partial charge in [0.15, 0.2) is 0 Å². The molecule has 1 unspecified atom stereocenters. The third-order valence-corrected chi connectivity index (χ3v) is 4.22. The average molecular weight is 297 g/mol. The third kappa shape index (κ3) is 4.29. The summed E-state index contributed by atoms with van der Waals surface area (Å²) in [5.74, 6) is 0.845. The van der Waals surface area contributed by atoms with E-state index >= 15 is 0 Å². The summed E-state index contributed by atoms with van der Waals surface area (Å²) in [7, 11) is 1.68. The van der Waals surface area contributed by atoms with Gasteiger partial charge in [-0.15, -0.1) is 0 Å². The summed E-state index contributed by atoms with van der Waals surface area (Å²) in [5, 5.41) is 4.35. The first kappa shape index (κ1) is 15.5. The summed E-state index contributed by atoms with van der Waals surface area (Å²) in [6, 6.07) is 6.27. The number of halogens is 1. The summed E-state index contributed by atoms with van der Waals surface area (Å²) in [6.45, 7) is 5.86. The van der Waals surface area contributed by atoms with Crippen molar-refractivity contribution >= 4 is 17.3 Å². The predicted octanol–water partition coefficient (Wildman–Crippen LogP) is 4.03. The highest BCUT2D eigenvalue weighted by molar-refractivity contribution is 6.33. The fraction of sp³-hybridized carbons (Fsp3) is 0.625. The van der Waals surface area contributed by atoms with Gasteiger partial charge in [-0.1, -0.05) is 18.5 Å². The van der Waals surface area contributed by atoms with Crippen molar-refractivity contribution < 1.29 is 4.74 Å². The third-order valence-electron chi connectivity index (χ3n) is 3.89. The lowest BCUT2D eigenvalue weighted by Gasteiger charge is -2.20. The Morgan fingerprint density at radius 3 is 2.95 bits per heavy atom. The Morgan fingerprint density at radius 1 is 1.35 bits per heavy atom. The smallest absolute Gasteiger partial charge is 0.121 e. The molecule has 1 aliphatic heterocycles. The average Bonchev–Trinajstić information content (AvgIpc) is 2.67. The number of hydrogen-bond acceptors (Lipinski definition) is 3. The van der Waals surface area contributed by atoms with Gasteiger partial charge in [0.1, 0.15) is 5.75 Å². The first-order valence-corrected chi connectivity index (χ1v) is 7.93. The van der Waals surface area contributed by atoms with Crippen molar-refractivity contribution in [3.63, 3.8) is 0 Å². The molecule has 0 spiro atoms. The van der Waals surface area contributed by atoms with Gasteiger partial charge in [-0.2, -0.15) is 0 Å². The molecular weight excluding hydrogens is 272 g/mol. The molecule has 4 heteroatoms. The van der Waals surface area contributed by atoms with Crippen molar-refractivity contribution in [2.75, 3.05) is 32.1 Å². The van der Waals surface area contributed by atoms with Crippen LogP contribution in [-0.4, -0.2) is 37.7 Å². The van der Waals surface area contributed by atoms with Crippen LogP contribution in [0, 0.1) is 0 Å². The molecule has 2 rings (SSSR count). The predicted molar refractivity (Wildman–Crippen MR) is 86.0 cm³/mol. The molecule has 0 radical (unpaired) electrons. The Hall–Kier alpha value is -0.930. The molecule has 20 heavy (non-hydrogen) atoms. The zero-order valence-corrected chi connectivity index (χ0v) is 13.2. The Labute approximate surface area is 127 Å². The van der Waals surface area contributed by atoms with Crippen LogP contribution in [0.3, 0.4) is 0 Å². The zero-order chi connectivity index (χ0) is 14.4. The molecule has 1 heterocycles. The lowest BCUT2D eigenvalue weighted by molar-refractivity contribution is 0.285. The molecule has 0 saturated carbocycles. The van der Waals surface area contributed by atoms with E-state index in [1.807, 2.05) is 18.2 Å². The van der Waals surface area contributed by atoms with Crippen LogP contribution in [0.5, 0.6) is 5.75 Å². The van der Waals surface area contributed by atoms with Gasteiger partial charge in [0, 0.05) is 18.7 Å². The second-order valence-electron chi connectivity index (χ2n) is 5.46. The van der Waals surface area contributed by atoms with E-state index in [1.54, 1.807) is 7.11 Å². The quantitative estimate of drug-likeness (QED) is 0.888. The summed E-state index contributed by atoms with van der Waals surface area (Å²) >= 11 is 6.26. The van der Waals surface area contributed by atoms with Crippen LogP contribution >= 0.6 is 11.6 Å². The second-order valence-corrected chi connectivity index (χ2v) is 5.87. The van der Waals surface area contributed by atoms with Crippen molar-refractivity contribution in [3.05, 3.63) is 23.2 Å². The van der Waals surface area contributed by atoms with Gasteiger partial charge >= 0.3 is 0 Å². The topological polar surface area (TPSA) is 24.5 Å². The Morgan fingerprint density at radius 2 is 2.20 bits per heavy atom. The molecular formula is C16H25ClN2O. The first-order valence-electron chi connectivity index (χ1n) is 7.55. The van der Waals surface area contributed by atoms with Crippen LogP contribution in [0.2, 0.25) is 5.02 Å². The second kappa shape index (κ2) is 7.75. The zero-order valence-electron chi connectivity index (χ0n) is 12.5. The molecule has 0 amide bonds. The van der Waals surface area contributed by atoms with E-state index in [1.165, 1.54) is 45.3 Å². The molecule has 112 valence electrons. The molecule has 1 atom stereocenters. The molecule has 1 aromatic carbocycles. The minimum atomic E-state index is 0.501. The van der Waals surface area contributed by atoms with Crippen molar-refractivity contribution in [3.8, 4) is 5.75 Å². The van der Waals surface area contributed by atoms with Crippen molar-refractivity contribution in [1.29, 1.82) is 0 Å². The Kier molecular flexibility index (Phi) is 5.99. The lowest BCUT2D eigenvalue weighted by atomic mass is 10.1. The summed E-state index contributed by atoms with van der Waals surface area (Å²) < 4.78 is 5.27. The van der Waals surface area contributed by atoms with Gasteiger partial charge in [-0.05, 0) is 50.9 Å². The fourth-order valence-corrected chi connectivity index (χ4v) is 2.97. The molecule has 0 bridgehead atoms. The highest BCUT2D eigenvalue weighted by atomic mass is 35.5. The van der Waals surface area contributed by atoms with Gasteiger partial charge in [0.05, 0.1) is 17.8 Å². The van der Waals surface area contributed by atoms with Crippen LogP contribution in [0.4, 0.5) is 5.69 Å². The molecule has 1 aliphatic rings. The van der Waals surface area contributed by atoms with E-state index in [9.17, 15) is 0 Å². The number of likely N-dealkylation sites (tertiary alicyclic amines) is 1. The Balaban J connectivity index is 1.96. The van der Waals surface area contributed by atoms with E-state index in [0.29, 0.717) is 6.04 Å². The molecule has 0 aromatic heterocycles. The lowest BCUT2D eigenvalue weighted by Crippen LogP contribution is -2.27. The van der Waals surface area contributed by atoms with E-state index in [0.717, 1.165) is 16.5 Å². The molecule has 1 aromatic rings. The number of methoxy groups -OCH3 is 1. The van der Waals surface area contributed by atoms with Gasteiger partial charge < -0.3 is 15.0 Å². The number of hydrogen-bond donors (Lipinski definition) is 1. The molecule has 1 saturated heterocycles. The number of nitrogens with one attached hydrogen (secondary N) is 1. The van der Waals surface area contributed by atoms with Gasteiger partial charge in [-0.25, -0.2) is 0 Å². The number of benzene rings is 1. The fourth-order valence-electron chi connectivity index (χ4n) is 2.80. The minimum Gasteiger partial charge on any atom is -0.497 e. The highest BCUT2D eigenvalue weighted by Crippen LogP contribution is 2.28. The van der Waals surface area contributed by atoms with Gasteiger partial charge in [-0.3, -0.25) is 0 Å². The van der Waals surface area contributed by atoms with Crippen molar-refractivity contribution in [2.24, 2.45) is 0 Å². The van der Waals surface area contributed by atoms with Crippen LogP contribution < -0.4 is 10.1 Å². The van der Waals surface area contributed by atoms with E-state index in [-0.39, 0.29) is 0 Å². The summed E-state index contributed by atoms with van der Waals surface area (Å²) in [4.78, 5) is 2.56.